The van der Waals surface area contributed by atoms with E-state index < -0.39 is 27.0 Å². The van der Waals surface area contributed by atoms with Gasteiger partial charge in [-0.15, -0.1) is 10.2 Å². The molecule has 0 unspecified atom stereocenters. The van der Waals surface area contributed by atoms with Gasteiger partial charge in [0.15, 0.2) is 15.5 Å². The standard InChI is InChI=1S/C17H17BrF3N3O2S/c18-11-3-7-13(8-4-11)27(25,26)12-5-1-10(2-6-12)14-9-15(17(19,20)21)23-24-16(14)22/h3-4,7-10,12H,1-2,5-6H2,(H2,22,24). The zero-order valence-corrected chi connectivity index (χ0v) is 16.5. The van der Waals surface area contributed by atoms with Gasteiger partial charge in [0.2, 0.25) is 0 Å². The number of rotatable bonds is 3. The van der Waals surface area contributed by atoms with E-state index in [2.05, 4.69) is 26.1 Å². The number of nitrogen functional groups attached to an aromatic ring is 1. The minimum atomic E-state index is -4.60. The largest absolute Gasteiger partial charge is 0.435 e. The molecule has 1 heterocycles. The summed E-state index contributed by atoms with van der Waals surface area (Å²) >= 11 is 3.27. The highest BCUT2D eigenvalue weighted by Crippen LogP contribution is 2.40. The van der Waals surface area contributed by atoms with E-state index in [1.165, 1.54) is 0 Å². The van der Waals surface area contributed by atoms with Crippen molar-refractivity contribution >= 4 is 31.6 Å². The average molecular weight is 464 g/mol. The van der Waals surface area contributed by atoms with E-state index in [1.807, 2.05) is 0 Å². The SMILES string of the molecule is Nc1nnc(C(F)(F)F)cc1C1CCC(S(=O)(=O)c2ccc(Br)cc2)CC1. The summed E-state index contributed by atoms with van der Waals surface area (Å²) < 4.78 is 65.0. The maximum absolute atomic E-state index is 12.9. The Bertz CT molecular complexity index is 925. The van der Waals surface area contributed by atoms with Crippen LogP contribution in [0.4, 0.5) is 19.0 Å². The summed E-state index contributed by atoms with van der Waals surface area (Å²) in [6.07, 6.45) is -3.04. The Labute approximate surface area is 163 Å². The molecule has 0 amide bonds. The molecule has 5 nitrogen and oxygen atoms in total. The van der Waals surface area contributed by atoms with Gasteiger partial charge in [-0.25, -0.2) is 8.42 Å². The minimum absolute atomic E-state index is 0.0396. The van der Waals surface area contributed by atoms with Crippen molar-refractivity contribution in [3.05, 3.63) is 46.1 Å². The van der Waals surface area contributed by atoms with Crippen LogP contribution < -0.4 is 5.73 Å². The molecule has 1 aliphatic rings. The van der Waals surface area contributed by atoms with E-state index in [-0.39, 0.29) is 22.2 Å². The zero-order valence-electron chi connectivity index (χ0n) is 14.1. The lowest BCUT2D eigenvalue weighted by molar-refractivity contribution is -0.141. The van der Waals surface area contributed by atoms with E-state index >= 15 is 0 Å². The Kier molecular flexibility index (Phi) is 5.49. The molecule has 10 heteroatoms. The number of nitrogens with zero attached hydrogens (tertiary/aromatic N) is 2. The van der Waals surface area contributed by atoms with Crippen molar-refractivity contribution in [2.45, 2.75) is 47.9 Å². The fraction of sp³-hybridized carbons (Fsp3) is 0.412. The number of benzene rings is 1. The van der Waals surface area contributed by atoms with Crippen LogP contribution in [-0.2, 0) is 16.0 Å². The molecule has 2 N–H and O–H groups in total. The first kappa shape index (κ1) is 20.1. The second-order valence-corrected chi connectivity index (χ2v) is 9.68. The molecule has 27 heavy (non-hydrogen) atoms. The number of sulfone groups is 1. The molecule has 0 saturated heterocycles. The third kappa shape index (κ3) is 4.26. The predicted molar refractivity (Wildman–Crippen MR) is 97.8 cm³/mol. The van der Waals surface area contributed by atoms with Gasteiger partial charge in [0.25, 0.3) is 0 Å². The van der Waals surface area contributed by atoms with E-state index in [4.69, 9.17) is 5.73 Å². The molecule has 1 fully saturated rings. The van der Waals surface area contributed by atoms with Gasteiger partial charge < -0.3 is 5.73 Å². The Morgan fingerprint density at radius 3 is 2.19 bits per heavy atom. The van der Waals surface area contributed by atoms with Crippen LogP contribution in [0.15, 0.2) is 39.7 Å². The van der Waals surface area contributed by atoms with Crippen molar-refractivity contribution in [1.82, 2.24) is 10.2 Å². The second-order valence-electron chi connectivity index (χ2n) is 6.54. The minimum Gasteiger partial charge on any atom is -0.382 e. The molecule has 2 aromatic rings. The summed E-state index contributed by atoms with van der Waals surface area (Å²) in [5, 5.41) is 5.97. The van der Waals surface area contributed by atoms with Crippen molar-refractivity contribution in [2.75, 3.05) is 5.73 Å². The summed E-state index contributed by atoms with van der Waals surface area (Å²) in [6.45, 7) is 0. The van der Waals surface area contributed by atoms with Crippen molar-refractivity contribution < 1.29 is 21.6 Å². The fourth-order valence-electron chi connectivity index (χ4n) is 3.38. The van der Waals surface area contributed by atoms with Gasteiger partial charge in [-0.2, -0.15) is 13.2 Å². The van der Waals surface area contributed by atoms with Gasteiger partial charge in [-0.3, -0.25) is 0 Å². The monoisotopic (exact) mass is 463 g/mol. The molecular formula is C17H17BrF3N3O2S. The lowest BCUT2D eigenvalue weighted by Crippen LogP contribution is -2.27. The van der Waals surface area contributed by atoms with Gasteiger partial charge in [0, 0.05) is 10.0 Å². The van der Waals surface area contributed by atoms with E-state index in [0.29, 0.717) is 25.7 Å². The molecule has 1 aromatic heterocycles. The van der Waals surface area contributed by atoms with Gasteiger partial charge in [-0.05, 0) is 61.9 Å². The molecule has 3 rings (SSSR count). The molecule has 1 aromatic carbocycles. The van der Waals surface area contributed by atoms with Crippen LogP contribution in [0.5, 0.6) is 0 Å². The number of halogens is 4. The topological polar surface area (TPSA) is 85.9 Å². The first-order valence-corrected chi connectivity index (χ1v) is 10.6. The van der Waals surface area contributed by atoms with Gasteiger partial charge in [0.1, 0.15) is 5.82 Å². The number of hydrogen-bond acceptors (Lipinski definition) is 5. The highest BCUT2D eigenvalue weighted by molar-refractivity contribution is 9.10. The molecular weight excluding hydrogens is 447 g/mol. The van der Waals surface area contributed by atoms with E-state index in [9.17, 15) is 21.6 Å². The van der Waals surface area contributed by atoms with E-state index in [0.717, 1.165) is 10.5 Å². The molecule has 0 atom stereocenters. The van der Waals surface area contributed by atoms with Gasteiger partial charge >= 0.3 is 6.18 Å². The third-order valence-corrected chi connectivity index (χ3v) is 7.65. The van der Waals surface area contributed by atoms with Crippen LogP contribution in [-0.4, -0.2) is 23.9 Å². The smallest absolute Gasteiger partial charge is 0.382 e. The number of aromatic nitrogens is 2. The summed E-state index contributed by atoms with van der Waals surface area (Å²) in [7, 11) is -3.49. The highest BCUT2D eigenvalue weighted by atomic mass is 79.9. The molecule has 0 radical (unpaired) electrons. The number of alkyl halides is 3. The Morgan fingerprint density at radius 2 is 1.63 bits per heavy atom. The third-order valence-electron chi connectivity index (χ3n) is 4.84. The van der Waals surface area contributed by atoms with Crippen molar-refractivity contribution in [2.24, 2.45) is 0 Å². The molecule has 0 aliphatic heterocycles. The summed E-state index contributed by atoms with van der Waals surface area (Å²) in [5.74, 6) is -0.305. The van der Waals surface area contributed by atoms with Gasteiger partial charge in [-0.1, -0.05) is 15.9 Å². The van der Waals surface area contributed by atoms with Crippen molar-refractivity contribution in [1.29, 1.82) is 0 Å². The van der Waals surface area contributed by atoms with Crippen LogP contribution in [0.1, 0.15) is 42.9 Å². The van der Waals surface area contributed by atoms with Gasteiger partial charge in [0.05, 0.1) is 10.1 Å². The quantitative estimate of drug-likeness (QED) is 0.731. The van der Waals surface area contributed by atoms with Crippen LogP contribution in [0, 0.1) is 0 Å². The molecule has 1 aliphatic carbocycles. The number of hydrogen-bond donors (Lipinski definition) is 1. The Balaban J connectivity index is 1.77. The molecule has 1 saturated carbocycles. The fourth-order valence-corrected chi connectivity index (χ4v) is 5.44. The maximum Gasteiger partial charge on any atom is 0.435 e. The second kappa shape index (κ2) is 7.38. The predicted octanol–water partition coefficient (Wildman–Crippen LogP) is 4.34. The summed E-state index contributed by atoms with van der Waals surface area (Å²) in [6, 6.07) is 7.36. The van der Waals surface area contributed by atoms with Crippen molar-refractivity contribution in [3.63, 3.8) is 0 Å². The molecule has 0 bridgehead atoms. The molecule has 146 valence electrons. The zero-order chi connectivity index (χ0) is 19.8. The van der Waals surface area contributed by atoms with Crippen molar-refractivity contribution in [3.8, 4) is 0 Å². The number of anilines is 1. The molecule has 0 spiro atoms. The summed E-state index contributed by atoms with van der Waals surface area (Å²) in [5.41, 5.74) is 4.93. The van der Waals surface area contributed by atoms with Crippen LogP contribution in [0.3, 0.4) is 0 Å². The first-order valence-electron chi connectivity index (χ1n) is 8.29. The first-order chi connectivity index (χ1) is 12.6. The van der Waals surface area contributed by atoms with E-state index in [1.54, 1.807) is 24.3 Å². The maximum atomic E-state index is 12.9. The van der Waals surface area contributed by atoms with Crippen LogP contribution in [0.25, 0.3) is 0 Å². The lowest BCUT2D eigenvalue weighted by Gasteiger charge is -2.29. The van der Waals surface area contributed by atoms with Crippen LogP contribution >= 0.6 is 15.9 Å². The lowest BCUT2D eigenvalue weighted by atomic mass is 9.84. The average Bonchev–Trinajstić information content (AvgIpc) is 2.61. The van der Waals surface area contributed by atoms with Crippen LogP contribution in [0.2, 0.25) is 0 Å². The summed E-state index contributed by atoms with van der Waals surface area (Å²) in [4.78, 5) is 0.249. The highest BCUT2D eigenvalue weighted by Gasteiger charge is 2.37. The Hall–Kier alpha value is -1.68. The Morgan fingerprint density at radius 1 is 1.04 bits per heavy atom. The number of nitrogens with two attached hydrogens (primary N) is 1. The normalized spacial score (nSPS) is 21.2.